The molecule has 0 amide bonds. The molecule has 0 aliphatic rings. The molecule has 0 aliphatic heterocycles. The Kier molecular flexibility index (Phi) is 4.75. The summed E-state index contributed by atoms with van der Waals surface area (Å²) in [5.41, 5.74) is 0.717. The van der Waals surface area contributed by atoms with Crippen molar-refractivity contribution >= 4 is 11.8 Å². The summed E-state index contributed by atoms with van der Waals surface area (Å²) in [6.45, 7) is 4.23. The van der Waals surface area contributed by atoms with Crippen molar-refractivity contribution in [3.8, 4) is 0 Å². The van der Waals surface area contributed by atoms with Crippen molar-refractivity contribution in [2.24, 2.45) is 0 Å². The first-order chi connectivity index (χ1) is 8.31. The first kappa shape index (κ1) is 14.5. The molecule has 0 bridgehead atoms. The molecule has 0 radical (unpaired) electrons. The minimum atomic E-state index is -4.15. The Morgan fingerprint density at radius 1 is 1.33 bits per heavy atom. The Balaban J connectivity index is 2.75. The third kappa shape index (κ3) is 4.77. The largest absolute Gasteiger partial charge is 0.390 e. The van der Waals surface area contributed by atoms with Crippen molar-refractivity contribution in [2.45, 2.75) is 26.4 Å². The van der Waals surface area contributed by atoms with Gasteiger partial charge in [-0.05, 0) is 13.8 Å². The summed E-state index contributed by atoms with van der Waals surface area (Å²) >= 11 is 0. The van der Waals surface area contributed by atoms with E-state index in [4.69, 9.17) is 0 Å². The highest BCUT2D eigenvalue weighted by molar-refractivity contribution is 5.43. The molecule has 102 valence electrons. The number of aryl methyl sites for hydroxylation is 1. The van der Waals surface area contributed by atoms with Crippen LogP contribution in [0.15, 0.2) is 6.07 Å². The van der Waals surface area contributed by atoms with Crippen LogP contribution in [0.25, 0.3) is 0 Å². The summed E-state index contributed by atoms with van der Waals surface area (Å²) < 4.78 is 36.4. The molecular weight excluding hydrogens is 245 g/mol. The molecule has 1 aromatic rings. The number of alkyl halides is 3. The van der Waals surface area contributed by atoms with Crippen LogP contribution in [0.3, 0.4) is 0 Å². The van der Waals surface area contributed by atoms with Gasteiger partial charge in [0.25, 0.3) is 0 Å². The van der Waals surface area contributed by atoms with Gasteiger partial charge in [-0.25, -0.2) is 4.98 Å². The van der Waals surface area contributed by atoms with Gasteiger partial charge in [0, 0.05) is 31.9 Å². The Morgan fingerprint density at radius 3 is 2.56 bits per heavy atom. The van der Waals surface area contributed by atoms with Gasteiger partial charge in [0.1, 0.15) is 5.82 Å². The fraction of sp³-hybridized carbons (Fsp3) is 0.636. The molecule has 0 unspecified atom stereocenters. The zero-order valence-corrected chi connectivity index (χ0v) is 10.7. The zero-order chi connectivity index (χ0) is 13.8. The molecule has 7 heteroatoms. The van der Waals surface area contributed by atoms with E-state index in [1.807, 2.05) is 6.92 Å². The highest BCUT2D eigenvalue weighted by atomic mass is 19.4. The predicted octanol–water partition coefficient (Wildman–Crippen LogP) is 2.61. The van der Waals surface area contributed by atoms with Gasteiger partial charge in [0.15, 0.2) is 0 Å². The van der Waals surface area contributed by atoms with Crippen LogP contribution in [0.5, 0.6) is 0 Å². The van der Waals surface area contributed by atoms with E-state index < -0.39 is 12.6 Å². The van der Waals surface area contributed by atoms with Crippen LogP contribution in [0.1, 0.15) is 19.0 Å². The van der Waals surface area contributed by atoms with Crippen molar-refractivity contribution in [2.75, 3.05) is 30.4 Å². The third-order valence-electron chi connectivity index (χ3n) is 2.30. The average molecular weight is 262 g/mol. The van der Waals surface area contributed by atoms with Crippen LogP contribution in [0.4, 0.5) is 24.9 Å². The van der Waals surface area contributed by atoms with Crippen molar-refractivity contribution in [1.29, 1.82) is 0 Å². The Morgan fingerprint density at radius 2 is 2.00 bits per heavy atom. The van der Waals surface area contributed by atoms with Crippen molar-refractivity contribution in [3.05, 3.63) is 11.8 Å². The maximum absolute atomic E-state index is 12.1. The molecule has 0 atom stereocenters. The molecule has 0 spiro atoms. The standard InChI is InChI=1S/C11H17F3N4/c1-4-15-10-16-8(2)7-9(17-10)18(3)6-5-11(12,13)14/h7H,4-6H2,1-3H3,(H,15,16,17). The van der Waals surface area contributed by atoms with E-state index in [1.165, 1.54) is 4.90 Å². The second kappa shape index (κ2) is 5.88. The molecule has 18 heavy (non-hydrogen) atoms. The summed E-state index contributed by atoms with van der Waals surface area (Å²) in [5, 5.41) is 2.94. The number of nitrogens with one attached hydrogen (secondary N) is 1. The quantitative estimate of drug-likeness (QED) is 0.885. The second-order valence-corrected chi connectivity index (χ2v) is 4.01. The molecular formula is C11H17F3N4. The predicted molar refractivity (Wildman–Crippen MR) is 64.9 cm³/mol. The highest BCUT2D eigenvalue weighted by Crippen LogP contribution is 2.21. The number of halogens is 3. The van der Waals surface area contributed by atoms with E-state index >= 15 is 0 Å². The van der Waals surface area contributed by atoms with E-state index in [0.717, 1.165) is 5.69 Å². The van der Waals surface area contributed by atoms with Crippen LogP contribution in [0, 0.1) is 6.92 Å². The Labute approximate surface area is 104 Å². The fourth-order valence-corrected chi connectivity index (χ4v) is 1.39. The molecule has 4 nitrogen and oxygen atoms in total. The molecule has 1 aromatic heterocycles. The van der Waals surface area contributed by atoms with Crippen LogP contribution >= 0.6 is 0 Å². The molecule has 1 N–H and O–H groups in total. The summed E-state index contributed by atoms with van der Waals surface area (Å²) in [6, 6.07) is 1.66. The number of rotatable bonds is 5. The van der Waals surface area contributed by atoms with Crippen molar-refractivity contribution in [1.82, 2.24) is 9.97 Å². The number of hydrogen-bond acceptors (Lipinski definition) is 4. The lowest BCUT2D eigenvalue weighted by Gasteiger charge is -2.20. The number of aromatic nitrogens is 2. The number of nitrogens with zero attached hydrogens (tertiary/aromatic N) is 3. The monoisotopic (exact) mass is 262 g/mol. The van der Waals surface area contributed by atoms with Gasteiger partial charge in [0.2, 0.25) is 5.95 Å². The summed E-state index contributed by atoms with van der Waals surface area (Å²) in [7, 11) is 1.59. The van der Waals surface area contributed by atoms with Gasteiger partial charge in [-0.3, -0.25) is 0 Å². The average Bonchev–Trinajstić information content (AvgIpc) is 2.24. The van der Waals surface area contributed by atoms with Gasteiger partial charge in [-0.2, -0.15) is 18.2 Å². The van der Waals surface area contributed by atoms with E-state index in [1.54, 1.807) is 20.0 Å². The minimum Gasteiger partial charge on any atom is -0.359 e. The maximum atomic E-state index is 12.1. The lowest BCUT2D eigenvalue weighted by atomic mass is 10.3. The molecule has 0 aliphatic carbocycles. The van der Waals surface area contributed by atoms with E-state index in [2.05, 4.69) is 15.3 Å². The second-order valence-electron chi connectivity index (χ2n) is 4.01. The van der Waals surface area contributed by atoms with E-state index in [9.17, 15) is 13.2 Å². The van der Waals surface area contributed by atoms with Crippen LogP contribution in [-0.2, 0) is 0 Å². The van der Waals surface area contributed by atoms with Crippen LogP contribution < -0.4 is 10.2 Å². The smallest absolute Gasteiger partial charge is 0.359 e. The van der Waals surface area contributed by atoms with Crippen LogP contribution in [0.2, 0.25) is 0 Å². The first-order valence-corrected chi connectivity index (χ1v) is 5.69. The van der Waals surface area contributed by atoms with Gasteiger partial charge in [0.05, 0.1) is 6.42 Å². The van der Waals surface area contributed by atoms with E-state index in [-0.39, 0.29) is 6.54 Å². The Bertz CT molecular complexity index is 392. The fourth-order valence-electron chi connectivity index (χ4n) is 1.39. The van der Waals surface area contributed by atoms with Gasteiger partial charge in [-0.1, -0.05) is 0 Å². The summed E-state index contributed by atoms with van der Waals surface area (Å²) in [4.78, 5) is 9.78. The summed E-state index contributed by atoms with van der Waals surface area (Å²) in [5.74, 6) is 0.925. The topological polar surface area (TPSA) is 41.1 Å². The first-order valence-electron chi connectivity index (χ1n) is 5.69. The SMILES string of the molecule is CCNc1nc(C)cc(N(C)CCC(F)(F)F)n1. The third-order valence-corrected chi connectivity index (χ3v) is 2.30. The molecule has 0 saturated carbocycles. The zero-order valence-electron chi connectivity index (χ0n) is 10.7. The minimum absolute atomic E-state index is 0.120. The van der Waals surface area contributed by atoms with Gasteiger partial charge in [-0.15, -0.1) is 0 Å². The number of hydrogen-bond donors (Lipinski definition) is 1. The maximum Gasteiger partial charge on any atom is 0.390 e. The van der Waals surface area contributed by atoms with Gasteiger partial charge >= 0.3 is 6.18 Å². The number of anilines is 2. The molecule has 0 saturated heterocycles. The molecule has 1 rings (SSSR count). The van der Waals surface area contributed by atoms with Crippen LogP contribution in [-0.4, -0.2) is 36.3 Å². The lowest BCUT2D eigenvalue weighted by Crippen LogP contribution is -2.25. The highest BCUT2D eigenvalue weighted by Gasteiger charge is 2.27. The lowest BCUT2D eigenvalue weighted by molar-refractivity contribution is -0.132. The van der Waals surface area contributed by atoms with Gasteiger partial charge < -0.3 is 10.2 Å². The Hall–Kier alpha value is -1.53. The van der Waals surface area contributed by atoms with Crippen molar-refractivity contribution < 1.29 is 13.2 Å². The van der Waals surface area contributed by atoms with E-state index in [0.29, 0.717) is 18.3 Å². The molecule has 0 aromatic carbocycles. The van der Waals surface area contributed by atoms with Crippen molar-refractivity contribution in [3.63, 3.8) is 0 Å². The molecule has 0 fully saturated rings. The molecule has 1 heterocycles. The summed E-state index contributed by atoms with van der Waals surface area (Å²) in [6.07, 6.45) is -5.01. The normalized spacial score (nSPS) is 11.4.